The molecule has 0 unspecified atom stereocenters. The van der Waals surface area contributed by atoms with Crippen molar-refractivity contribution >= 4 is 22.8 Å². The van der Waals surface area contributed by atoms with Gasteiger partial charge in [-0.15, -0.1) is 0 Å². The molecular formula is C23H22N6O3. The first-order valence-corrected chi connectivity index (χ1v) is 10.9. The quantitative estimate of drug-likeness (QED) is 0.433. The fourth-order valence-electron chi connectivity index (χ4n) is 5.42. The van der Waals surface area contributed by atoms with Crippen molar-refractivity contribution in [2.75, 3.05) is 5.32 Å². The number of nitrogens with one attached hydrogen (secondary N) is 2. The van der Waals surface area contributed by atoms with Gasteiger partial charge < -0.3 is 19.8 Å². The second-order valence-electron chi connectivity index (χ2n) is 8.64. The Hall–Kier alpha value is -3.75. The Morgan fingerprint density at radius 3 is 2.81 bits per heavy atom. The van der Waals surface area contributed by atoms with Crippen molar-refractivity contribution in [3.05, 3.63) is 43.2 Å². The largest absolute Gasteiger partial charge is 0.481 e. The number of aliphatic carboxylic acids is 1. The maximum atomic E-state index is 12.1. The number of carbonyl (C=O) groups is 1. The van der Waals surface area contributed by atoms with Crippen LogP contribution < -0.4 is 5.32 Å². The summed E-state index contributed by atoms with van der Waals surface area (Å²) in [5.41, 5.74) is 2.10. The molecule has 3 N–H and O–H groups in total. The number of aromatic amines is 1. The van der Waals surface area contributed by atoms with Crippen LogP contribution in [0, 0.1) is 17.8 Å². The molecule has 0 aliphatic heterocycles. The minimum Gasteiger partial charge on any atom is -0.481 e. The van der Waals surface area contributed by atoms with E-state index < -0.39 is 11.9 Å². The average Bonchev–Trinajstić information content (AvgIpc) is 3.50. The van der Waals surface area contributed by atoms with Gasteiger partial charge in [0.25, 0.3) is 0 Å². The van der Waals surface area contributed by atoms with E-state index in [9.17, 15) is 9.90 Å². The second-order valence-corrected chi connectivity index (χ2v) is 8.64. The Kier molecular flexibility index (Phi) is 4.41. The Bertz CT molecular complexity index is 1280. The summed E-state index contributed by atoms with van der Waals surface area (Å²) >= 11 is 0. The molecule has 162 valence electrons. The standard InChI is InChI=1S/C23H22N6O3/c30-23(31)19-12-3-5-13(6-4-12)20(19)28-18-8-16(17-2-1-7-32-17)27-22(29-18)15-10-25-21-14(15)9-24-11-26-21/h1-2,7-13,19-20H,3-6H2,(H,30,31)(H,24,25,26)(H,27,28,29)/t12?,13?,19-,20-/m0/s1. The number of nitrogens with zero attached hydrogens (tertiary/aromatic N) is 4. The van der Waals surface area contributed by atoms with E-state index in [-0.39, 0.29) is 12.0 Å². The lowest BCUT2D eigenvalue weighted by Gasteiger charge is -2.47. The lowest BCUT2D eigenvalue weighted by atomic mass is 9.61. The molecule has 32 heavy (non-hydrogen) atoms. The van der Waals surface area contributed by atoms with Gasteiger partial charge in [0.2, 0.25) is 0 Å². The highest BCUT2D eigenvalue weighted by Gasteiger charge is 2.47. The summed E-state index contributed by atoms with van der Waals surface area (Å²) in [5, 5.41) is 14.2. The molecule has 9 nitrogen and oxygen atoms in total. The molecular weight excluding hydrogens is 408 g/mol. The van der Waals surface area contributed by atoms with E-state index in [1.807, 2.05) is 24.4 Å². The third-order valence-corrected chi connectivity index (χ3v) is 6.92. The van der Waals surface area contributed by atoms with Gasteiger partial charge >= 0.3 is 5.97 Å². The summed E-state index contributed by atoms with van der Waals surface area (Å²) < 4.78 is 5.59. The van der Waals surface area contributed by atoms with Crippen LogP contribution in [-0.4, -0.2) is 42.0 Å². The number of aromatic nitrogens is 5. The number of H-pyrrole nitrogens is 1. The fraction of sp³-hybridized carbons (Fsp3) is 0.348. The van der Waals surface area contributed by atoms with Gasteiger partial charge in [-0.05, 0) is 49.7 Å². The van der Waals surface area contributed by atoms with Crippen LogP contribution in [-0.2, 0) is 4.79 Å². The minimum absolute atomic E-state index is 0.154. The van der Waals surface area contributed by atoms with Crippen molar-refractivity contribution in [1.82, 2.24) is 24.9 Å². The summed E-state index contributed by atoms with van der Waals surface area (Å²) in [4.78, 5) is 33.1. The molecule has 3 fully saturated rings. The van der Waals surface area contributed by atoms with Gasteiger partial charge in [0.1, 0.15) is 23.5 Å². The van der Waals surface area contributed by atoms with Gasteiger partial charge in [0, 0.05) is 35.5 Å². The van der Waals surface area contributed by atoms with E-state index in [0.29, 0.717) is 34.7 Å². The molecule has 3 aliphatic rings. The summed E-state index contributed by atoms with van der Waals surface area (Å²) in [6, 6.07) is 5.33. The highest BCUT2D eigenvalue weighted by atomic mass is 16.4. The monoisotopic (exact) mass is 430 g/mol. The highest BCUT2D eigenvalue weighted by Crippen LogP contribution is 2.46. The molecule has 4 aromatic rings. The van der Waals surface area contributed by atoms with Gasteiger partial charge in [-0.1, -0.05) is 0 Å². The van der Waals surface area contributed by atoms with Crippen molar-refractivity contribution in [2.45, 2.75) is 31.7 Å². The Morgan fingerprint density at radius 2 is 2.03 bits per heavy atom. The van der Waals surface area contributed by atoms with Crippen LogP contribution in [0.1, 0.15) is 25.7 Å². The van der Waals surface area contributed by atoms with Crippen LogP contribution in [0.25, 0.3) is 33.9 Å². The summed E-state index contributed by atoms with van der Waals surface area (Å²) in [7, 11) is 0. The molecule has 2 bridgehead atoms. The fourth-order valence-corrected chi connectivity index (χ4v) is 5.42. The molecule has 7 rings (SSSR count). The molecule has 2 atom stereocenters. The lowest BCUT2D eigenvalue weighted by molar-refractivity contribution is -0.148. The smallest absolute Gasteiger partial charge is 0.308 e. The van der Waals surface area contributed by atoms with Crippen molar-refractivity contribution in [3.63, 3.8) is 0 Å². The van der Waals surface area contributed by atoms with Crippen LogP contribution in [0.5, 0.6) is 0 Å². The predicted molar refractivity (Wildman–Crippen MR) is 117 cm³/mol. The SMILES string of the molecule is O=C(O)[C@H]1C2CCC(CC2)[C@@H]1Nc1cc(-c2ccco2)nc(-c2c[nH]c3ncncc23)n1. The Morgan fingerprint density at radius 1 is 1.19 bits per heavy atom. The van der Waals surface area contributed by atoms with Crippen LogP contribution in [0.3, 0.4) is 0 Å². The van der Waals surface area contributed by atoms with Gasteiger partial charge in [-0.3, -0.25) is 4.79 Å². The third kappa shape index (κ3) is 3.12. The number of hydrogen-bond donors (Lipinski definition) is 3. The zero-order valence-electron chi connectivity index (χ0n) is 17.2. The topological polar surface area (TPSA) is 130 Å². The first-order valence-electron chi connectivity index (χ1n) is 10.9. The number of carboxylic acids is 1. The molecule has 9 heteroatoms. The van der Waals surface area contributed by atoms with Crippen LogP contribution in [0.15, 0.2) is 47.6 Å². The number of hydrogen-bond acceptors (Lipinski definition) is 7. The van der Waals surface area contributed by atoms with Crippen molar-refractivity contribution in [3.8, 4) is 22.8 Å². The molecule has 3 aliphatic carbocycles. The molecule has 4 aromatic heterocycles. The van der Waals surface area contributed by atoms with E-state index in [0.717, 1.165) is 36.6 Å². The number of furan rings is 1. The first-order chi connectivity index (χ1) is 15.7. The van der Waals surface area contributed by atoms with Crippen LogP contribution >= 0.6 is 0 Å². The van der Waals surface area contributed by atoms with E-state index in [4.69, 9.17) is 14.4 Å². The summed E-state index contributed by atoms with van der Waals surface area (Å²) in [6.45, 7) is 0. The van der Waals surface area contributed by atoms with E-state index >= 15 is 0 Å². The van der Waals surface area contributed by atoms with Gasteiger partial charge in [0.15, 0.2) is 11.6 Å². The number of anilines is 1. The molecule has 0 aromatic carbocycles. The van der Waals surface area contributed by atoms with Crippen molar-refractivity contribution in [1.29, 1.82) is 0 Å². The van der Waals surface area contributed by atoms with E-state index in [1.54, 1.807) is 12.5 Å². The molecule has 0 spiro atoms. The zero-order chi connectivity index (χ0) is 21.7. The van der Waals surface area contributed by atoms with Crippen molar-refractivity contribution in [2.24, 2.45) is 17.8 Å². The normalized spacial score (nSPS) is 24.6. The first kappa shape index (κ1) is 19.0. The Balaban J connectivity index is 1.44. The summed E-state index contributed by atoms with van der Waals surface area (Å²) in [6.07, 6.45) is 10.7. The maximum Gasteiger partial charge on any atom is 0.308 e. The maximum absolute atomic E-state index is 12.1. The van der Waals surface area contributed by atoms with Crippen molar-refractivity contribution < 1.29 is 14.3 Å². The van der Waals surface area contributed by atoms with E-state index in [2.05, 4.69) is 20.3 Å². The minimum atomic E-state index is -0.730. The predicted octanol–water partition coefficient (Wildman–Crippen LogP) is 3.98. The van der Waals surface area contributed by atoms with Crippen LogP contribution in [0.2, 0.25) is 0 Å². The molecule has 3 saturated carbocycles. The number of fused-ring (bicyclic) bond motifs is 4. The van der Waals surface area contributed by atoms with Gasteiger partial charge in [-0.25, -0.2) is 19.9 Å². The molecule has 4 heterocycles. The zero-order valence-corrected chi connectivity index (χ0v) is 17.2. The van der Waals surface area contributed by atoms with Crippen LogP contribution in [0.4, 0.5) is 5.82 Å². The van der Waals surface area contributed by atoms with Gasteiger partial charge in [0.05, 0.1) is 12.2 Å². The second kappa shape index (κ2) is 7.44. The number of rotatable bonds is 5. The lowest BCUT2D eigenvalue weighted by Crippen LogP contribution is -2.51. The Labute approximate surface area is 183 Å². The molecule has 0 saturated heterocycles. The van der Waals surface area contributed by atoms with Gasteiger partial charge in [-0.2, -0.15) is 0 Å². The molecule has 0 radical (unpaired) electrons. The average molecular weight is 430 g/mol. The third-order valence-electron chi connectivity index (χ3n) is 6.92. The summed E-state index contributed by atoms with van der Waals surface area (Å²) in [5.74, 6) is 1.11. The molecule has 0 amide bonds. The van der Waals surface area contributed by atoms with E-state index in [1.165, 1.54) is 6.33 Å². The number of carboxylic acid groups (broad SMARTS) is 1. The highest BCUT2D eigenvalue weighted by molar-refractivity contribution is 5.91.